The summed E-state index contributed by atoms with van der Waals surface area (Å²) in [6, 6.07) is 13.7. The first-order valence-electron chi connectivity index (χ1n) is 8.60. The van der Waals surface area contributed by atoms with Crippen molar-refractivity contribution in [3.05, 3.63) is 58.6 Å². The van der Waals surface area contributed by atoms with E-state index in [1.165, 1.54) is 0 Å². The molecule has 0 radical (unpaired) electrons. The molecule has 1 atom stereocenters. The van der Waals surface area contributed by atoms with Crippen LogP contribution in [0.3, 0.4) is 0 Å². The van der Waals surface area contributed by atoms with Gasteiger partial charge < -0.3 is 20.1 Å². The second-order valence-electron chi connectivity index (χ2n) is 5.73. The van der Waals surface area contributed by atoms with Crippen molar-refractivity contribution < 1.29 is 9.47 Å². The average molecular weight is 504 g/mol. The van der Waals surface area contributed by atoms with Gasteiger partial charge in [0.25, 0.3) is 0 Å². The molecule has 0 aromatic heterocycles. The Morgan fingerprint density at radius 2 is 1.93 bits per heavy atom. The fraction of sp³-hybridized carbons (Fsp3) is 0.350. The highest BCUT2D eigenvalue weighted by molar-refractivity contribution is 14.0. The molecule has 0 aliphatic heterocycles. The lowest BCUT2D eigenvalue weighted by Crippen LogP contribution is -2.38. The molecular weight excluding hydrogens is 477 g/mol. The zero-order valence-corrected chi connectivity index (χ0v) is 19.2. The summed E-state index contributed by atoms with van der Waals surface area (Å²) in [5.41, 5.74) is 2.10. The lowest BCUT2D eigenvalue weighted by Gasteiger charge is -2.19. The Balaban J connectivity index is 0.00000364. The first-order valence-corrected chi connectivity index (χ1v) is 8.98. The lowest BCUT2D eigenvalue weighted by atomic mass is 10.1. The zero-order valence-electron chi connectivity index (χ0n) is 16.1. The van der Waals surface area contributed by atoms with E-state index in [1.807, 2.05) is 49.4 Å². The molecule has 0 fully saturated rings. The van der Waals surface area contributed by atoms with Crippen LogP contribution in [0.1, 0.15) is 31.0 Å². The van der Waals surface area contributed by atoms with E-state index in [1.54, 1.807) is 14.2 Å². The minimum Gasteiger partial charge on any atom is -0.493 e. The number of halogens is 2. The number of aliphatic imine (C=N–C) groups is 1. The molecule has 0 saturated carbocycles. The zero-order chi connectivity index (χ0) is 18.9. The average Bonchev–Trinajstić information content (AvgIpc) is 2.65. The van der Waals surface area contributed by atoms with Crippen molar-refractivity contribution in [2.75, 3.05) is 20.8 Å². The summed E-state index contributed by atoms with van der Waals surface area (Å²) in [4.78, 5) is 4.29. The molecule has 2 N–H and O–H groups in total. The van der Waals surface area contributed by atoms with Crippen LogP contribution in [0.2, 0.25) is 5.02 Å². The molecule has 2 aromatic rings. The first kappa shape index (κ1) is 23.4. The van der Waals surface area contributed by atoms with Crippen LogP contribution in [0.15, 0.2) is 47.5 Å². The van der Waals surface area contributed by atoms with Crippen molar-refractivity contribution in [1.29, 1.82) is 0 Å². The second kappa shape index (κ2) is 11.9. The van der Waals surface area contributed by atoms with Gasteiger partial charge >= 0.3 is 0 Å². The number of ether oxygens (including phenoxy) is 2. The normalized spacial score (nSPS) is 12.0. The van der Waals surface area contributed by atoms with E-state index in [9.17, 15) is 0 Å². The van der Waals surface area contributed by atoms with E-state index in [0.717, 1.165) is 27.6 Å². The quantitative estimate of drug-likeness (QED) is 0.324. The van der Waals surface area contributed by atoms with Crippen LogP contribution >= 0.6 is 35.6 Å². The van der Waals surface area contributed by atoms with E-state index >= 15 is 0 Å². The molecule has 7 heteroatoms. The van der Waals surface area contributed by atoms with Crippen molar-refractivity contribution >= 4 is 41.5 Å². The number of rotatable bonds is 7. The van der Waals surface area contributed by atoms with Crippen molar-refractivity contribution in [2.24, 2.45) is 4.99 Å². The van der Waals surface area contributed by atoms with Crippen LogP contribution in [0.4, 0.5) is 0 Å². The van der Waals surface area contributed by atoms with Gasteiger partial charge in [-0.15, -0.1) is 24.0 Å². The lowest BCUT2D eigenvalue weighted by molar-refractivity contribution is 0.310. The molecule has 0 aliphatic carbocycles. The fourth-order valence-corrected chi connectivity index (χ4v) is 2.89. The molecule has 5 nitrogen and oxygen atoms in total. The number of guanidine groups is 1. The molecule has 27 heavy (non-hydrogen) atoms. The third-order valence-electron chi connectivity index (χ3n) is 3.94. The van der Waals surface area contributed by atoms with Crippen molar-refractivity contribution in [1.82, 2.24) is 10.6 Å². The molecule has 0 saturated heterocycles. The number of hydrogen-bond acceptors (Lipinski definition) is 3. The minimum absolute atomic E-state index is 0. The van der Waals surface area contributed by atoms with Crippen molar-refractivity contribution in [3.63, 3.8) is 0 Å². The van der Waals surface area contributed by atoms with Gasteiger partial charge in [0.1, 0.15) is 0 Å². The standard InChI is InChI=1S/C20H26ClN3O2.HI/c1-5-26-19-12-15(10-11-18(19)25-4)13-23-20(22-3)24-14(2)16-8-6-7-9-17(16)21;/h6-12,14H,5,13H2,1-4H3,(H2,22,23,24);1H. The van der Waals surface area contributed by atoms with Crippen LogP contribution in [0.5, 0.6) is 11.5 Å². The Morgan fingerprint density at radius 1 is 1.19 bits per heavy atom. The highest BCUT2D eigenvalue weighted by Crippen LogP contribution is 2.28. The van der Waals surface area contributed by atoms with Crippen molar-refractivity contribution in [3.8, 4) is 11.5 Å². The summed E-state index contributed by atoms with van der Waals surface area (Å²) in [5.74, 6) is 2.17. The molecule has 1 unspecified atom stereocenters. The largest absolute Gasteiger partial charge is 0.493 e. The molecule has 0 amide bonds. The maximum absolute atomic E-state index is 6.27. The summed E-state index contributed by atoms with van der Waals surface area (Å²) in [6.07, 6.45) is 0. The topological polar surface area (TPSA) is 54.9 Å². The Kier molecular flexibility index (Phi) is 10.3. The highest BCUT2D eigenvalue weighted by Gasteiger charge is 2.11. The molecule has 0 bridgehead atoms. The monoisotopic (exact) mass is 503 g/mol. The van der Waals surface area contributed by atoms with Gasteiger partial charge in [-0.1, -0.05) is 35.9 Å². The molecule has 2 rings (SSSR count). The summed E-state index contributed by atoms with van der Waals surface area (Å²) in [5, 5.41) is 7.40. The summed E-state index contributed by atoms with van der Waals surface area (Å²) < 4.78 is 10.9. The Morgan fingerprint density at radius 3 is 2.56 bits per heavy atom. The Labute approximate surface area is 183 Å². The van der Waals surface area contributed by atoms with Crippen LogP contribution < -0.4 is 20.1 Å². The van der Waals surface area contributed by atoms with Gasteiger partial charge in [-0.25, -0.2) is 0 Å². The number of benzene rings is 2. The molecule has 2 aromatic carbocycles. The maximum Gasteiger partial charge on any atom is 0.191 e. The van der Waals surface area contributed by atoms with Crippen LogP contribution in [0, 0.1) is 0 Å². The van der Waals surface area contributed by atoms with E-state index < -0.39 is 0 Å². The van der Waals surface area contributed by atoms with Gasteiger partial charge in [-0.05, 0) is 43.2 Å². The Hall–Kier alpha value is -1.67. The van der Waals surface area contributed by atoms with E-state index in [2.05, 4.69) is 22.5 Å². The number of hydrogen-bond donors (Lipinski definition) is 2. The first-order chi connectivity index (χ1) is 12.6. The number of methoxy groups -OCH3 is 1. The molecule has 0 spiro atoms. The molecule has 148 valence electrons. The second-order valence-corrected chi connectivity index (χ2v) is 6.14. The predicted molar refractivity (Wildman–Crippen MR) is 123 cm³/mol. The van der Waals surface area contributed by atoms with E-state index in [0.29, 0.717) is 19.1 Å². The highest BCUT2D eigenvalue weighted by atomic mass is 127. The van der Waals surface area contributed by atoms with Gasteiger partial charge in [-0.3, -0.25) is 4.99 Å². The third kappa shape index (κ3) is 6.77. The predicted octanol–water partition coefficient (Wildman–Crippen LogP) is 4.79. The molecule has 0 aliphatic rings. The smallest absolute Gasteiger partial charge is 0.191 e. The van der Waals surface area contributed by atoms with Crippen LogP contribution in [0.25, 0.3) is 0 Å². The summed E-state index contributed by atoms with van der Waals surface area (Å²) in [6.45, 7) is 5.20. The SMILES string of the molecule is CCOc1cc(CNC(=NC)NC(C)c2ccccc2Cl)ccc1OC.I. The maximum atomic E-state index is 6.27. The number of nitrogens with one attached hydrogen (secondary N) is 2. The van der Waals surface area contributed by atoms with Crippen LogP contribution in [-0.2, 0) is 6.54 Å². The van der Waals surface area contributed by atoms with Gasteiger partial charge in [0.15, 0.2) is 17.5 Å². The van der Waals surface area contributed by atoms with Gasteiger partial charge in [0.2, 0.25) is 0 Å². The van der Waals surface area contributed by atoms with Gasteiger partial charge in [0.05, 0.1) is 19.8 Å². The molecule has 0 heterocycles. The van der Waals surface area contributed by atoms with E-state index in [4.69, 9.17) is 21.1 Å². The van der Waals surface area contributed by atoms with Gasteiger partial charge in [-0.2, -0.15) is 0 Å². The minimum atomic E-state index is 0. The van der Waals surface area contributed by atoms with Crippen LogP contribution in [-0.4, -0.2) is 26.7 Å². The number of nitrogens with zero attached hydrogens (tertiary/aromatic N) is 1. The fourth-order valence-electron chi connectivity index (χ4n) is 2.59. The molecular formula is C20H27ClIN3O2. The Bertz CT molecular complexity index is 756. The summed E-state index contributed by atoms with van der Waals surface area (Å²) in [7, 11) is 3.38. The summed E-state index contributed by atoms with van der Waals surface area (Å²) >= 11 is 6.27. The third-order valence-corrected chi connectivity index (χ3v) is 4.28. The van der Waals surface area contributed by atoms with Gasteiger partial charge in [0, 0.05) is 18.6 Å². The van der Waals surface area contributed by atoms with Crippen molar-refractivity contribution in [2.45, 2.75) is 26.4 Å². The van der Waals surface area contributed by atoms with E-state index in [-0.39, 0.29) is 30.0 Å².